The molecule has 5 heteroatoms. The first-order chi connectivity index (χ1) is 14.0. The van der Waals surface area contributed by atoms with Gasteiger partial charge < -0.3 is 10.4 Å². The van der Waals surface area contributed by atoms with Crippen molar-refractivity contribution in [1.82, 2.24) is 9.97 Å². The van der Waals surface area contributed by atoms with Crippen LogP contribution in [0.3, 0.4) is 0 Å². The Labute approximate surface area is 172 Å². The van der Waals surface area contributed by atoms with E-state index in [4.69, 9.17) is 4.98 Å². The molecule has 2 N–H and O–H groups in total. The summed E-state index contributed by atoms with van der Waals surface area (Å²) in [5, 5.41) is 12.2. The zero-order valence-electron chi connectivity index (χ0n) is 17.0. The summed E-state index contributed by atoms with van der Waals surface area (Å²) in [6.07, 6.45) is 10.8. The number of nitrogens with zero attached hydrogens (tertiary/aromatic N) is 2. The van der Waals surface area contributed by atoms with E-state index >= 15 is 0 Å². The Hall–Kier alpha value is -2.27. The quantitative estimate of drug-likeness (QED) is 0.794. The number of hydrogen-bond acceptors (Lipinski definition) is 4. The minimum atomic E-state index is -0.105. The first-order valence-corrected chi connectivity index (χ1v) is 10.9. The molecule has 0 unspecified atom stereocenters. The lowest BCUT2D eigenvalue weighted by molar-refractivity contribution is -0.114. The number of hydrogen-bond donors (Lipinski definition) is 2. The van der Waals surface area contributed by atoms with Gasteiger partial charge in [-0.15, -0.1) is 0 Å². The van der Waals surface area contributed by atoms with Gasteiger partial charge in [-0.1, -0.05) is 24.3 Å². The van der Waals surface area contributed by atoms with Crippen molar-refractivity contribution in [3.05, 3.63) is 41.7 Å². The third kappa shape index (κ3) is 3.68. The van der Waals surface area contributed by atoms with Crippen LogP contribution in [0.5, 0.6) is 0 Å². The molecular weight excluding hydrogens is 362 g/mol. The average molecular weight is 392 g/mol. The maximum atomic E-state index is 11.8. The predicted molar refractivity (Wildman–Crippen MR) is 112 cm³/mol. The summed E-state index contributed by atoms with van der Waals surface area (Å²) < 4.78 is 0. The Morgan fingerprint density at radius 2 is 1.72 bits per heavy atom. The van der Waals surface area contributed by atoms with Gasteiger partial charge in [0.15, 0.2) is 5.82 Å². The van der Waals surface area contributed by atoms with E-state index < -0.39 is 0 Å². The number of aliphatic hydroxyl groups excluding tert-OH is 1. The van der Waals surface area contributed by atoms with Crippen LogP contribution >= 0.6 is 0 Å². The van der Waals surface area contributed by atoms with Crippen LogP contribution in [0, 0.1) is 23.2 Å². The number of nitrogens with one attached hydrogen (secondary N) is 1. The highest BCUT2D eigenvalue weighted by Gasteiger charge is 2.51. The number of amides is 1. The summed E-state index contributed by atoms with van der Waals surface area (Å²) in [6, 6.07) is 7.78. The Morgan fingerprint density at radius 3 is 2.28 bits per heavy atom. The highest BCUT2D eigenvalue weighted by Crippen LogP contribution is 2.61. The van der Waals surface area contributed by atoms with E-state index in [1.807, 2.05) is 24.3 Å². The van der Waals surface area contributed by atoms with E-state index in [1.165, 1.54) is 45.4 Å². The van der Waals surface area contributed by atoms with Crippen molar-refractivity contribution in [1.29, 1.82) is 0 Å². The molecule has 0 aliphatic heterocycles. The largest absolute Gasteiger partial charge is 0.392 e. The molecule has 29 heavy (non-hydrogen) atoms. The zero-order valence-corrected chi connectivity index (χ0v) is 17.0. The number of aromatic nitrogens is 2. The van der Waals surface area contributed by atoms with E-state index in [-0.39, 0.29) is 12.5 Å². The number of benzene rings is 1. The van der Waals surface area contributed by atoms with Gasteiger partial charge in [-0.3, -0.25) is 4.79 Å². The highest BCUT2D eigenvalue weighted by molar-refractivity contribution is 5.88. The van der Waals surface area contributed by atoms with Crippen LogP contribution in [0.15, 0.2) is 30.5 Å². The van der Waals surface area contributed by atoms with Gasteiger partial charge >= 0.3 is 0 Å². The van der Waals surface area contributed by atoms with Crippen LogP contribution in [0.25, 0.3) is 11.3 Å². The van der Waals surface area contributed by atoms with E-state index in [9.17, 15) is 9.90 Å². The molecule has 0 saturated heterocycles. The second-order valence-electron chi connectivity index (χ2n) is 9.68. The van der Waals surface area contributed by atoms with Crippen molar-refractivity contribution in [2.45, 2.75) is 58.5 Å². The molecule has 2 aromatic rings. The predicted octanol–water partition coefficient (Wildman–Crippen LogP) is 4.35. The van der Waals surface area contributed by atoms with Crippen LogP contribution in [-0.4, -0.2) is 21.0 Å². The SMILES string of the molecule is CC(=O)Nc1ncc(-c2ccc(CO)cc2)nc1CC12CC3CC(CC(C3)C1)C2. The Kier molecular flexibility index (Phi) is 4.66. The van der Waals surface area contributed by atoms with Gasteiger partial charge in [-0.2, -0.15) is 0 Å². The van der Waals surface area contributed by atoms with Crippen molar-refractivity contribution in [2.75, 3.05) is 5.32 Å². The van der Waals surface area contributed by atoms with Crippen molar-refractivity contribution in [3.8, 4) is 11.3 Å². The lowest BCUT2D eigenvalue weighted by Gasteiger charge is -2.57. The van der Waals surface area contributed by atoms with Crippen LogP contribution in [0.1, 0.15) is 56.7 Å². The molecule has 1 aromatic heterocycles. The number of carbonyl (C=O) groups excluding carboxylic acids is 1. The molecule has 4 bridgehead atoms. The second kappa shape index (κ2) is 7.21. The summed E-state index contributed by atoms with van der Waals surface area (Å²) in [6.45, 7) is 1.56. The monoisotopic (exact) mass is 391 g/mol. The fourth-order valence-electron chi connectivity index (χ4n) is 6.60. The number of carbonyl (C=O) groups is 1. The third-order valence-corrected chi connectivity index (χ3v) is 7.28. The van der Waals surface area contributed by atoms with Crippen molar-refractivity contribution >= 4 is 11.7 Å². The van der Waals surface area contributed by atoms with Crippen molar-refractivity contribution < 1.29 is 9.90 Å². The number of anilines is 1. The van der Waals surface area contributed by atoms with Gasteiger partial charge in [0.05, 0.1) is 24.2 Å². The summed E-state index contributed by atoms with van der Waals surface area (Å²) in [5.41, 5.74) is 3.94. The van der Waals surface area contributed by atoms with Gasteiger partial charge in [0.25, 0.3) is 0 Å². The summed E-state index contributed by atoms with van der Waals surface area (Å²) in [7, 11) is 0. The van der Waals surface area contributed by atoms with Gasteiger partial charge in [0.2, 0.25) is 5.91 Å². The normalized spacial score (nSPS) is 29.8. The zero-order chi connectivity index (χ0) is 20.0. The first-order valence-electron chi connectivity index (χ1n) is 10.9. The molecule has 0 radical (unpaired) electrons. The molecule has 152 valence electrons. The fourth-order valence-corrected chi connectivity index (χ4v) is 6.60. The van der Waals surface area contributed by atoms with E-state index in [1.54, 1.807) is 6.20 Å². The Morgan fingerprint density at radius 1 is 1.10 bits per heavy atom. The van der Waals surface area contributed by atoms with Gasteiger partial charge in [0.1, 0.15) is 0 Å². The molecule has 5 nitrogen and oxygen atoms in total. The summed E-state index contributed by atoms with van der Waals surface area (Å²) in [5.74, 6) is 3.16. The van der Waals surface area contributed by atoms with Crippen LogP contribution in [-0.2, 0) is 17.8 Å². The molecule has 6 rings (SSSR count). The lowest BCUT2D eigenvalue weighted by Crippen LogP contribution is -2.47. The topological polar surface area (TPSA) is 75.1 Å². The average Bonchev–Trinajstić information content (AvgIpc) is 2.68. The second-order valence-corrected chi connectivity index (χ2v) is 9.68. The highest BCUT2D eigenvalue weighted by atomic mass is 16.3. The Balaban J connectivity index is 1.48. The van der Waals surface area contributed by atoms with E-state index in [0.717, 1.165) is 46.7 Å². The van der Waals surface area contributed by atoms with Gasteiger partial charge in [-0.05, 0) is 73.7 Å². The maximum Gasteiger partial charge on any atom is 0.222 e. The molecule has 0 atom stereocenters. The van der Waals surface area contributed by atoms with E-state index in [0.29, 0.717) is 11.2 Å². The molecule has 4 aliphatic carbocycles. The minimum absolute atomic E-state index is 0.0324. The molecule has 0 spiro atoms. The minimum Gasteiger partial charge on any atom is -0.392 e. The number of rotatable bonds is 5. The molecule has 4 fully saturated rings. The smallest absolute Gasteiger partial charge is 0.222 e. The standard InChI is InChI=1S/C24H29N3O2/c1-15(29)26-23-21(12-24-9-17-6-18(10-24)8-19(7-17)11-24)27-22(13-25-23)20-4-2-16(14-28)3-5-20/h2-5,13,17-19,28H,6-12,14H2,1H3,(H,25,26,29). The fraction of sp³-hybridized carbons (Fsp3) is 0.542. The molecule has 4 saturated carbocycles. The molecular formula is C24H29N3O2. The van der Waals surface area contributed by atoms with Gasteiger partial charge in [-0.25, -0.2) is 9.97 Å². The molecule has 1 heterocycles. The molecule has 1 amide bonds. The molecule has 1 aromatic carbocycles. The first kappa shape index (κ1) is 18.7. The van der Waals surface area contributed by atoms with Crippen LogP contribution in [0.4, 0.5) is 5.82 Å². The van der Waals surface area contributed by atoms with Crippen molar-refractivity contribution in [2.24, 2.45) is 23.2 Å². The van der Waals surface area contributed by atoms with Crippen molar-refractivity contribution in [3.63, 3.8) is 0 Å². The van der Waals surface area contributed by atoms with Gasteiger partial charge in [0, 0.05) is 12.5 Å². The van der Waals surface area contributed by atoms with E-state index in [2.05, 4.69) is 10.3 Å². The van der Waals surface area contributed by atoms with Crippen LogP contribution in [0.2, 0.25) is 0 Å². The third-order valence-electron chi connectivity index (χ3n) is 7.28. The summed E-state index contributed by atoms with van der Waals surface area (Å²) in [4.78, 5) is 21.3. The number of aliphatic hydroxyl groups is 1. The maximum absolute atomic E-state index is 11.8. The Bertz CT molecular complexity index is 887. The molecule has 4 aliphatic rings. The summed E-state index contributed by atoms with van der Waals surface area (Å²) >= 11 is 0. The lowest BCUT2D eigenvalue weighted by atomic mass is 9.48. The van der Waals surface area contributed by atoms with Crippen LogP contribution < -0.4 is 5.32 Å².